The molecule has 0 aliphatic carbocycles. The van der Waals surface area contributed by atoms with E-state index < -0.39 is 10.0 Å². The van der Waals surface area contributed by atoms with Gasteiger partial charge in [-0.3, -0.25) is 5.10 Å². The molecule has 0 saturated carbocycles. The summed E-state index contributed by atoms with van der Waals surface area (Å²) in [5.41, 5.74) is 2.10. The highest BCUT2D eigenvalue weighted by molar-refractivity contribution is 7.89. The number of aromatic amines is 1. The second-order valence-corrected chi connectivity index (χ2v) is 9.58. The van der Waals surface area contributed by atoms with Crippen molar-refractivity contribution in [3.05, 3.63) is 34.4 Å². The Hall–Kier alpha value is -1.71. The molecule has 0 spiro atoms. The van der Waals surface area contributed by atoms with Crippen LogP contribution in [0.2, 0.25) is 0 Å². The molecule has 7 nitrogen and oxygen atoms in total. The fraction of sp³-hybridized carbons (Fsp3) is 0.529. The third-order valence-electron chi connectivity index (χ3n) is 4.60. The van der Waals surface area contributed by atoms with E-state index in [4.69, 9.17) is 12.2 Å². The van der Waals surface area contributed by atoms with Crippen LogP contribution in [-0.2, 0) is 23.1 Å². The van der Waals surface area contributed by atoms with Gasteiger partial charge in [-0.1, -0.05) is 13.8 Å². The van der Waals surface area contributed by atoms with Gasteiger partial charge in [-0.05, 0) is 48.8 Å². The molecule has 0 amide bonds. The van der Waals surface area contributed by atoms with Crippen LogP contribution in [0.4, 0.5) is 5.69 Å². The summed E-state index contributed by atoms with van der Waals surface area (Å²) in [5, 5.41) is 3.27. The minimum atomic E-state index is -3.42. The number of rotatable bonds is 5. The third-order valence-corrected chi connectivity index (χ3v) is 6.72. The fourth-order valence-corrected chi connectivity index (χ4v) is 4.22. The van der Waals surface area contributed by atoms with Crippen LogP contribution in [-0.4, -0.2) is 48.1 Å². The number of fused-ring (bicyclic) bond motifs is 1. The molecule has 0 atom stereocenters. The van der Waals surface area contributed by atoms with E-state index in [-0.39, 0.29) is 5.92 Å². The number of anilines is 1. The van der Waals surface area contributed by atoms with Gasteiger partial charge in [0.05, 0.1) is 4.90 Å². The topological polar surface area (TPSA) is 74.2 Å². The lowest BCUT2D eigenvalue weighted by atomic mass is 10.0. The van der Waals surface area contributed by atoms with Crippen LogP contribution in [0.3, 0.4) is 0 Å². The van der Waals surface area contributed by atoms with E-state index in [9.17, 15) is 8.42 Å². The minimum Gasteiger partial charge on any atom is -0.352 e. The third kappa shape index (κ3) is 3.56. The quantitative estimate of drug-likeness (QED) is 0.788. The van der Waals surface area contributed by atoms with E-state index in [2.05, 4.69) is 28.8 Å². The predicted octanol–water partition coefficient (Wildman–Crippen LogP) is 2.72. The van der Waals surface area contributed by atoms with Crippen LogP contribution in [0, 0.1) is 4.77 Å². The standard InChI is InChI=1S/C17H25N5O2S2/c1-12(2)16-18-17(25)22(19-16)11-21-9-5-6-13-10-14(7-8-15(13)21)26(23,24)20(3)4/h7-8,10,12H,5-6,9,11H2,1-4H3,(H,18,19,25). The number of benzene rings is 1. The SMILES string of the molecule is CC(C)c1nc(=S)n(CN2CCCc3cc(S(=O)(=O)N(C)C)ccc32)[nH]1. The molecule has 2 aromatic rings. The Morgan fingerprint density at radius 2 is 2.08 bits per heavy atom. The second kappa shape index (κ2) is 7.13. The number of H-pyrrole nitrogens is 1. The van der Waals surface area contributed by atoms with Crippen molar-refractivity contribution in [2.24, 2.45) is 0 Å². The smallest absolute Gasteiger partial charge is 0.242 e. The van der Waals surface area contributed by atoms with Gasteiger partial charge in [-0.2, -0.15) is 0 Å². The number of nitrogens with zero attached hydrogens (tertiary/aromatic N) is 4. The van der Waals surface area contributed by atoms with Crippen molar-refractivity contribution in [3.8, 4) is 0 Å². The molecule has 0 fully saturated rings. The zero-order valence-electron chi connectivity index (χ0n) is 15.6. The van der Waals surface area contributed by atoms with Gasteiger partial charge in [0.1, 0.15) is 12.5 Å². The Bertz CT molecular complexity index is 960. The van der Waals surface area contributed by atoms with E-state index in [1.165, 1.54) is 4.31 Å². The van der Waals surface area contributed by atoms with Gasteiger partial charge < -0.3 is 4.90 Å². The van der Waals surface area contributed by atoms with Crippen LogP contribution in [0.1, 0.15) is 37.6 Å². The first-order valence-electron chi connectivity index (χ1n) is 8.67. The molecule has 1 N–H and O–H groups in total. The molecule has 26 heavy (non-hydrogen) atoms. The molecule has 0 unspecified atom stereocenters. The van der Waals surface area contributed by atoms with Crippen LogP contribution in [0.15, 0.2) is 23.1 Å². The number of hydrogen-bond donors (Lipinski definition) is 1. The fourth-order valence-electron chi connectivity index (χ4n) is 3.07. The largest absolute Gasteiger partial charge is 0.352 e. The van der Waals surface area contributed by atoms with Crippen LogP contribution in [0.25, 0.3) is 0 Å². The maximum Gasteiger partial charge on any atom is 0.242 e. The van der Waals surface area contributed by atoms with Gasteiger partial charge in [0.15, 0.2) is 0 Å². The summed E-state index contributed by atoms with van der Waals surface area (Å²) in [5.74, 6) is 1.16. The summed E-state index contributed by atoms with van der Waals surface area (Å²) in [4.78, 5) is 6.96. The van der Waals surface area contributed by atoms with Crippen LogP contribution in [0.5, 0.6) is 0 Å². The highest BCUT2D eigenvalue weighted by Crippen LogP contribution is 2.30. The molecule has 0 bridgehead atoms. The zero-order chi connectivity index (χ0) is 19.1. The molecule has 0 saturated heterocycles. The van der Waals surface area contributed by atoms with Crippen molar-refractivity contribution in [2.75, 3.05) is 25.5 Å². The van der Waals surface area contributed by atoms with Crippen molar-refractivity contribution in [3.63, 3.8) is 0 Å². The zero-order valence-corrected chi connectivity index (χ0v) is 17.2. The molecule has 1 aromatic carbocycles. The van der Waals surface area contributed by atoms with Gasteiger partial charge in [-0.25, -0.2) is 22.4 Å². The average Bonchev–Trinajstić information content (AvgIpc) is 2.95. The molecule has 1 aliphatic rings. The van der Waals surface area contributed by atoms with E-state index >= 15 is 0 Å². The lowest BCUT2D eigenvalue weighted by Gasteiger charge is -2.31. The van der Waals surface area contributed by atoms with Crippen molar-refractivity contribution in [1.82, 2.24) is 19.1 Å². The van der Waals surface area contributed by atoms with Crippen molar-refractivity contribution in [2.45, 2.75) is 44.2 Å². The van der Waals surface area contributed by atoms with Gasteiger partial charge in [0, 0.05) is 32.2 Å². The summed E-state index contributed by atoms with van der Waals surface area (Å²) >= 11 is 5.37. The number of aromatic nitrogens is 3. The molecule has 9 heteroatoms. The molecule has 0 radical (unpaired) electrons. The lowest BCUT2D eigenvalue weighted by Crippen LogP contribution is -2.32. The number of sulfonamides is 1. The average molecular weight is 396 g/mol. The molecule has 2 heterocycles. The maximum absolute atomic E-state index is 12.4. The monoisotopic (exact) mass is 395 g/mol. The number of nitrogens with one attached hydrogen (secondary N) is 1. The first-order chi connectivity index (χ1) is 12.2. The molecule has 3 rings (SSSR count). The predicted molar refractivity (Wildman–Crippen MR) is 104 cm³/mol. The Labute approximate surface area is 159 Å². The normalized spacial score (nSPS) is 14.9. The molecular formula is C17H25N5O2S2. The summed E-state index contributed by atoms with van der Waals surface area (Å²) in [7, 11) is -0.325. The van der Waals surface area contributed by atoms with Crippen LogP contribution < -0.4 is 4.90 Å². The van der Waals surface area contributed by atoms with E-state index in [1.807, 2.05) is 10.7 Å². The summed E-state index contributed by atoms with van der Waals surface area (Å²) in [6.07, 6.45) is 1.84. The van der Waals surface area contributed by atoms with E-state index in [0.29, 0.717) is 16.3 Å². The highest BCUT2D eigenvalue weighted by Gasteiger charge is 2.23. The maximum atomic E-state index is 12.4. The second-order valence-electron chi connectivity index (χ2n) is 7.06. The Kier molecular flexibility index (Phi) is 5.23. The molecular weight excluding hydrogens is 370 g/mol. The Morgan fingerprint density at radius 3 is 2.69 bits per heavy atom. The van der Waals surface area contributed by atoms with E-state index in [1.54, 1.807) is 26.2 Å². The van der Waals surface area contributed by atoms with Gasteiger partial charge in [0.2, 0.25) is 14.8 Å². The summed E-state index contributed by atoms with van der Waals surface area (Å²) in [6, 6.07) is 5.37. The van der Waals surface area contributed by atoms with Crippen LogP contribution >= 0.6 is 12.2 Å². The summed E-state index contributed by atoms with van der Waals surface area (Å²) in [6.45, 7) is 5.61. The van der Waals surface area contributed by atoms with Crippen molar-refractivity contribution < 1.29 is 8.42 Å². The van der Waals surface area contributed by atoms with Gasteiger partial charge in [0.25, 0.3) is 0 Å². The molecule has 1 aromatic heterocycles. The first-order valence-corrected chi connectivity index (χ1v) is 10.5. The molecule has 1 aliphatic heterocycles. The number of hydrogen-bond acceptors (Lipinski definition) is 5. The summed E-state index contributed by atoms with van der Waals surface area (Å²) < 4.78 is 28.4. The Balaban J connectivity index is 1.91. The first kappa shape index (κ1) is 19.1. The minimum absolute atomic E-state index is 0.283. The van der Waals surface area contributed by atoms with E-state index in [0.717, 1.165) is 36.5 Å². The van der Waals surface area contributed by atoms with Gasteiger partial charge in [-0.15, -0.1) is 0 Å². The van der Waals surface area contributed by atoms with Crippen molar-refractivity contribution in [1.29, 1.82) is 0 Å². The lowest BCUT2D eigenvalue weighted by molar-refractivity contribution is 0.519. The van der Waals surface area contributed by atoms with Gasteiger partial charge >= 0.3 is 0 Å². The Morgan fingerprint density at radius 1 is 1.35 bits per heavy atom. The molecule has 142 valence electrons. The highest BCUT2D eigenvalue weighted by atomic mass is 32.2. The van der Waals surface area contributed by atoms with Crippen molar-refractivity contribution >= 4 is 27.9 Å². The number of aryl methyl sites for hydroxylation is 1.